The van der Waals surface area contributed by atoms with Gasteiger partial charge in [-0.1, -0.05) is 71.5 Å². The average Bonchev–Trinajstić information content (AvgIpc) is 0.896. The molecule has 0 aromatic heterocycles. The molecular weight excluding hydrogens is 2340 g/mol. The Morgan fingerprint density at radius 2 is 0.422 bits per heavy atom. The maximum Gasteiger partial charge on any atom is 3.00 e. The molecule has 694 valence electrons. The molecule has 4 aromatic carbocycles. The van der Waals surface area contributed by atoms with Crippen LogP contribution in [0.25, 0.3) is 0 Å². The Balaban J connectivity index is -0.0000000377. The first-order chi connectivity index (χ1) is 47.0. The number of benzene rings is 4. The zero-order valence-electron chi connectivity index (χ0n) is 64.0. The molecule has 44 nitrogen and oxygen atoms in total. The summed E-state index contributed by atoms with van der Waals surface area (Å²) in [6, 6.07) is 20.3. The molecule has 0 fully saturated rings. The quantitative estimate of drug-likeness (QED) is 0.0149. The molecule has 0 heterocycles. The Hall–Kier alpha value is -3.86. The van der Waals surface area contributed by atoms with Crippen molar-refractivity contribution >= 4 is 72.6 Å². The zero-order chi connectivity index (χ0) is 78.7. The van der Waals surface area contributed by atoms with E-state index in [1.54, 1.807) is 97.7 Å². The van der Waals surface area contributed by atoms with Gasteiger partial charge in [0, 0.05) is 201 Å². The van der Waals surface area contributed by atoms with Crippen LogP contribution in [0.15, 0.2) is 92.8 Å². The van der Waals surface area contributed by atoms with Gasteiger partial charge in [0.15, 0.2) is 0 Å². The second-order valence-electron chi connectivity index (χ2n) is 17.5. The van der Waals surface area contributed by atoms with Crippen LogP contribution in [-0.2, 0) is 104 Å². The third kappa shape index (κ3) is 155. The third-order valence-electron chi connectivity index (χ3n) is 8.66. The van der Waals surface area contributed by atoms with Crippen LogP contribution in [0.1, 0.15) is 77.6 Å². The summed E-state index contributed by atoms with van der Waals surface area (Å²) >= 11 is 0. The summed E-state index contributed by atoms with van der Waals surface area (Å²) in [6.45, 7) is 15.4. The molecule has 0 aliphatic heterocycles. The van der Waals surface area contributed by atoms with Gasteiger partial charge in [-0.2, -0.15) is 0 Å². The maximum absolute atomic E-state index is 11.7. The predicted octanol–water partition coefficient (Wildman–Crippen LogP) is -12.3. The van der Waals surface area contributed by atoms with Gasteiger partial charge in [0.1, 0.15) is 23.0 Å². The first-order valence-electron chi connectivity index (χ1n) is 29.1. The van der Waals surface area contributed by atoms with Crippen LogP contribution in [0.2, 0.25) is 0 Å². The minimum absolute atomic E-state index is 0. The Kier molecular flexibility index (Phi) is 207. The molecule has 16 N–H and O–H groups in total. The van der Waals surface area contributed by atoms with E-state index in [9.17, 15) is 20.4 Å². The molecule has 0 spiro atoms. The summed E-state index contributed by atoms with van der Waals surface area (Å²) in [5.74, 6) is -7.97. The van der Waals surface area contributed by atoms with Gasteiger partial charge in [0.05, 0.1) is 81.0 Å². The molecule has 0 amide bonds. The minimum Gasteiger partial charge on any atom is -0.870 e. The van der Waals surface area contributed by atoms with Crippen molar-refractivity contribution in [2.24, 2.45) is 20.0 Å². The molecule has 4 aromatic rings. The van der Waals surface area contributed by atoms with Gasteiger partial charge >= 0.3 is 142 Å². The number of aliphatic imine (C=N–C) groups is 4. The molecule has 0 unspecified atom stereocenters. The van der Waals surface area contributed by atoms with Crippen molar-refractivity contribution in [3.8, 4) is 46.0 Å². The van der Waals surface area contributed by atoms with E-state index in [-0.39, 0.29) is 312 Å². The van der Waals surface area contributed by atoms with Crippen molar-refractivity contribution in [1.29, 1.82) is 0 Å². The van der Waals surface area contributed by atoms with Gasteiger partial charge < -0.3 is 204 Å². The number of carbonyl (C=O) groups excluding carboxylic acids is 8. The molecular formula is C64H100Dy4N8Ni4O36-2. The summed E-state index contributed by atoms with van der Waals surface area (Å²) in [6.07, 6.45) is 6.19. The Bertz CT molecular complexity index is 2500. The molecule has 4 rings (SSSR count). The third-order valence-corrected chi connectivity index (χ3v) is 8.66. The maximum atomic E-state index is 11.7. The van der Waals surface area contributed by atoms with Crippen LogP contribution in [0.5, 0.6) is 46.0 Å². The number of aliphatic hydroxyl groups is 4. The number of hydrogen-bond donors (Lipinski definition) is 8. The van der Waals surface area contributed by atoms with Crippen LogP contribution >= 0.6 is 0 Å². The van der Waals surface area contributed by atoms with Crippen molar-refractivity contribution in [3.63, 3.8) is 0 Å². The standard InChI is InChI=1S/4C12H18N2O3.8C2H4O2.4Dy.4Ni.8H2O/c4*1-17-11-4-2-3-10(12(11)16)9-14-6-5-13-7-8-15;8*1-2(3)4;;;;;;;;;;;;;;;;/h4*2-4,9,13,15-16H,5-8H2,1H3;8*1H3,(H,3,4);;;;;;;;;8*1H2/q;;;;;;;;;;;;;;6*+3;;;;;;;;/p-20. The summed E-state index contributed by atoms with van der Waals surface area (Å²) in [5.41, 5.74) is 2.08. The molecule has 0 saturated heterocycles. The SMILES string of the molecule is CC(=O)[O-].CC(=O)[O-].CC(=O)[O-].CC(=O)[O-].CC(=O)[O-].CC(=O)[O-].CC(=O)[O-].CC(=O)[O-].COc1cccc(C=NCCNCCO)c1[O-].COc1cccc(C=NCCNCCO)c1[O-].COc1cccc(C=NCCNCCO)c1[O-].COc1cccc(C=NCCNCCO)c1[O-].[Dy+3].[Dy+3].[Dy].[Dy].[Ni+3].[Ni+3].[Ni+3].[Ni+3].[OH-].[OH-].[OH-].[OH-].[OH-].[OH-].[OH-].[OH-]. The number of nitrogens with zero attached hydrogens (tertiary/aromatic N) is 4. The Labute approximate surface area is 835 Å². The van der Waals surface area contributed by atoms with E-state index in [4.69, 9.17) is 119 Å². The predicted molar refractivity (Wildman–Crippen MR) is 360 cm³/mol. The zero-order valence-corrected chi connectivity index (χ0v) is 76.1. The molecule has 0 saturated carbocycles. The second-order valence-corrected chi connectivity index (χ2v) is 17.5. The number of rotatable bonds is 28. The van der Waals surface area contributed by atoms with E-state index in [2.05, 4.69) is 41.2 Å². The number of carbonyl (C=O) groups is 8. The van der Waals surface area contributed by atoms with Crippen molar-refractivity contribution in [1.82, 2.24) is 21.3 Å². The van der Waals surface area contributed by atoms with Crippen molar-refractivity contribution in [3.05, 3.63) is 95.1 Å². The Morgan fingerprint density at radius 1 is 0.302 bits per heavy atom. The number of hydrogen-bond acceptors (Lipinski definition) is 44. The summed E-state index contributed by atoms with van der Waals surface area (Å²) in [5, 5.41) is 164. The van der Waals surface area contributed by atoms with Crippen molar-refractivity contribution in [2.75, 3.05) is 133 Å². The summed E-state index contributed by atoms with van der Waals surface area (Å²) in [4.78, 5) is 87.6. The molecule has 52 heteroatoms. The first-order valence-corrected chi connectivity index (χ1v) is 29.1. The van der Waals surface area contributed by atoms with Crippen LogP contribution in [0.3, 0.4) is 0 Å². The van der Waals surface area contributed by atoms with Crippen LogP contribution < -0.4 is 101 Å². The van der Waals surface area contributed by atoms with Crippen LogP contribution in [-0.4, -0.2) is 270 Å². The van der Waals surface area contributed by atoms with Crippen LogP contribution in [0, 0.1) is 153 Å². The number of aliphatic hydroxyl groups excluding tert-OH is 4. The van der Waals surface area contributed by atoms with E-state index in [0.29, 0.717) is 124 Å². The fourth-order valence-electron chi connectivity index (χ4n) is 5.22. The van der Waals surface area contributed by atoms with E-state index < -0.39 is 47.8 Å². The molecule has 0 aliphatic rings. The van der Waals surface area contributed by atoms with Gasteiger partial charge in [-0.3, -0.25) is 20.0 Å². The van der Waals surface area contributed by atoms with Crippen molar-refractivity contribution < 1.29 is 401 Å². The number of carboxylic acids is 8. The van der Waals surface area contributed by atoms with Gasteiger partial charge in [0.25, 0.3) is 0 Å². The number of carboxylic acid groups (broad SMARTS) is 8. The smallest absolute Gasteiger partial charge is 0.870 e. The normalized spacial score (nSPS) is 8.14. The minimum atomic E-state index is -1.08. The van der Waals surface area contributed by atoms with Gasteiger partial charge in [-0.15, -0.1) is 0 Å². The monoisotopic (exact) mass is 2440 g/mol. The first kappa shape index (κ1) is 178. The van der Waals surface area contributed by atoms with Gasteiger partial charge in [-0.05, 0) is 102 Å². The van der Waals surface area contributed by atoms with E-state index in [1.165, 1.54) is 28.4 Å². The van der Waals surface area contributed by atoms with E-state index in [1.807, 2.05) is 0 Å². The van der Waals surface area contributed by atoms with Crippen LogP contribution in [0.4, 0.5) is 0 Å². The fraction of sp³-hybridized carbons (Fsp3) is 0.438. The fourth-order valence-corrected chi connectivity index (χ4v) is 5.22. The number of ether oxygens (including phenoxy) is 4. The number of methoxy groups -OCH3 is 4. The summed E-state index contributed by atoms with van der Waals surface area (Å²) in [7, 11) is 5.87. The largest absolute Gasteiger partial charge is 3.00 e. The number of aliphatic carboxylic acids is 8. The summed E-state index contributed by atoms with van der Waals surface area (Å²) < 4.78 is 19.7. The molecule has 116 heavy (non-hydrogen) atoms. The van der Waals surface area contributed by atoms with E-state index in [0.717, 1.165) is 55.4 Å². The molecule has 6 radical (unpaired) electrons. The van der Waals surface area contributed by atoms with Gasteiger partial charge in [-0.25, -0.2) is 0 Å². The molecule has 0 atom stereocenters. The van der Waals surface area contributed by atoms with Gasteiger partial charge in [0.2, 0.25) is 0 Å². The molecule has 0 bridgehead atoms. The van der Waals surface area contributed by atoms with Crippen molar-refractivity contribution in [2.45, 2.75) is 55.4 Å². The number of para-hydroxylation sites is 4. The number of nitrogens with one attached hydrogen (secondary N) is 4. The Morgan fingerprint density at radius 3 is 0.526 bits per heavy atom. The van der Waals surface area contributed by atoms with E-state index >= 15 is 0 Å². The second kappa shape index (κ2) is 134. The molecule has 0 aliphatic carbocycles. The average molecular weight is 2440 g/mol. The topological polar surface area (TPSA) is 869 Å².